The minimum Gasteiger partial charge on any atom is -0.487 e. The molecule has 3 rings (SSSR count). The minimum absolute atomic E-state index is 0.0178. The van der Waals surface area contributed by atoms with Crippen LogP contribution in [0, 0.1) is 6.92 Å². The maximum Gasteiger partial charge on any atom is 0.320 e. The maximum atomic E-state index is 12.2. The molecule has 0 spiro atoms. The van der Waals surface area contributed by atoms with Crippen LogP contribution in [-0.4, -0.2) is 58.3 Å². The number of aromatic nitrogens is 2. The van der Waals surface area contributed by atoms with E-state index in [1.807, 2.05) is 47.9 Å². The van der Waals surface area contributed by atoms with Gasteiger partial charge < -0.3 is 19.1 Å². The molecular weight excluding hydrogens is 308 g/mol. The second-order valence-electron chi connectivity index (χ2n) is 5.77. The molecule has 0 radical (unpaired) electrons. The third-order valence-electron chi connectivity index (χ3n) is 4.06. The third-order valence-corrected chi connectivity index (χ3v) is 4.06. The zero-order valence-corrected chi connectivity index (χ0v) is 14.2. The lowest BCUT2D eigenvalue weighted by Crippen LogP contribution is -2.59. The number of aryl methyl sites for hydroxylation is 1. The van der Waals surface area contributed by atoms with Crippen molar-refractivity contribution in [3.05, 3.63) is 30.1 Å². The normalized spacial score (nSPS) is 14.4. The van der Waals surface area contributed by atoms with Gasteiger partial charge in [0, 0.05) is 18.7 Å². The second kappa shape index (κ2) is 6.90. The van der Waals surface area contributed by atoms with Gasteiger partial charge in [0.05, 0.1) is 13.1 Å². The zero-order chi connectivity index (χ0) is 17.1. The highest BCUT2D eigenvalue weighted by Gasteiger charge is 2.34. The SMILES string of the molecule is CCN(CC)C(=O)N1CC(Oc2cccc(-c3nc(C)no3)c2)C1. The van der Waals surface area contributed by atoms with Crippen LogP contribution in [0.25, 0.3) is 11.5 Å². The number of benzene rings is 1. The Labute approximate surface area is 141 Å². The van der Waals surface area contributed by atoms with E-state index in [0.717, 1.165) is 24.4 Å². The Kier molecular flexibility index (Phi) is 4.69. The number of nitrogens with zero attached hydrogens (tertiary/aromatic N) is 4. The van der Waals surface area contributed by atoms with Gasteiger partial charge in [0.15, 0.2) is 5.82 Å². The van der Waals surface area contributed by atoms with Gasteiger partial charge in [0.1, 0.15) is 11.9 Å². The van der Waals surface area contributed by atoms with Crippen LogP contribution in [0.4, 0.5) is 4.79 Å². The molecule has 7 heteroatoms. The number of rotatable bonds is 5. The number of urea groups is 1. The summed E-state index contributed by atoms with van der Waals surface area (Å²) in [7, 11) is 0. The first-order valence-corrected chi connectivity index (χ1v) is 8.22. The van der Waals surface area contributed by atoms with Crippen molar-refractivity contribution in [3.8, 4) is 17.2 Å². The summed E-state index contributed by atoms with van der Waals surface area (Å²) < 4.78 is 11.1. The van der Waals surface area contributed by atoms with Gasteiger partial charge in [-0.3, -0.25) is 0 Å². The second-order valence-corrected chi connectivity index (χ2v) is 5.77. The Morgan fingerprint density at radius 2 is 2.12 bits per heavy atom. The summed E-state index contributed by atoms with van der Waals surface area (Å²) in [4.78, 5) is 20.0. The molecule has 7 nitrogen and oxygen atoms in total. The highest BCUT2D eigenvalue weighted by Crippen LogP contribution is 2.25. The Hall–Kier alpha value is -2.57. The first-order valence-electron chi connectivity index (χ1n) is 8.22. The number of carbonyl (C=O) groups is 1. The van der Waals surface area contributed by atoms with Crippen molar-refractivity contribution < 1.29 is 14.1 Å². The van der Waals surface area contributed by atoms with E-state index in [1.165, 1.54) is 0 Å². The molecule has 2 heterocycles. The highest BCUT2D eigenvalue weighted by molar-refractivity contribution is 5.75. The Morgan fingerprint density at radius 1 is 1.38 bits per heavy atom. The van der Waals surface area contributed by atoms with Gasteiger partial charge in [-0.05, 0) is 39.0 Å². The summed E-state index contributed by atoms with van der Waals surface area (Å²) in [6.07, 6.45) is 0.0178. The molecule has 0 unspecified atom stereocenters. The predicted octanol–water partition coefficient (Wildman–Crippen LogP) is 2.57. The van der Waals surface area contributed by atoms with Gasteiger partial charge in [-0.15, -0.1) is 0 Å². The summed E-state index contributed by atoms with van der Waals surface area (Å²) in [5, 5.41) is 3.80. The van der Waals surface area contributed by atoms with E-state index in [9.17, 15) is 4.79 Å². The molecule has 1 aliphatic heterocycles. The van der Waals surface area contributed by atoms with Gasteiger partial charge in [-0.2, -0.15) is 4.98 Å². The van der Waals surface area contributed by atoms with Crippen LogP contribution < -0.4 is 4.74 Å². The van der Waals surface area contributed by atoms with Crippen molar-refractivity contribution >= 4 is 6.03 Å². The Balaban J connectivity index is 1.58. The summed E-state index contributed by atoms with van der Waals surface area (Å²) in [5.41, 5.74) is 0.823. The first-order chi connectivity index (χ1) is 11.6. The summed E-state index contributed by atoms with van der Waals surface area (Å²) >= 11 is 0. The molecule has 1 aromatic carbocycles. The molecule has 24 heavy (non-hydrogen) atoms. The fourth-order valence-corrected chi connectivity index (χ4v) is 2.67. The number of carbonyl (C=O) groups excluding carboxylic acids is 1. The smallest absolute Gasteiger partial charge is 0.320 e. The number of amides is 2. The van der Waals surface area contributed by atoms with Crippen LogP contribution >= 0.6 is 0 Å². The molecule has 1 aromatic heterocycles. The van der Waals surface area contributed by atoms with Gasteiger partial charge >= 0.3 is 6.03 Å². The summed E-state index contributed by atoms with van der Waals surface area (Å²) in [6.45, 7) is 8.42. The van der Waals surface area contributed by atoms with Crippen molar-refractivity contribution in [1.29, 1.82) is 0 Å². The van der Waals surface area contributed by atoms with Gasteiger partial charge in [0.2, 0.25) is 0 Å². The van der Waals surface area contributed by atoms with E-state index >= 15 is 0 Å². The van der Waals surface area contributed by atoms with Gasteiger partial charge in [-0.1, -0.05) is 11.2 Å². The number of likely N-dealkylation sites (tertiary alicyclic amines) is 1. The molecule has 2 amide bonds. The van der Waals surface area contributed by atoms with Crippen LogP contribution in [0.5, 0.6) is 5.75 Å². The van der Waals surface area contributed by atoms with E-state index in [0.29, 0.717) is 24.8 Å². The van der Waals surface area contributed by atoms with E-state index in [4.69, 9.17) is 9.26 Å². The molecule has 128 valence electrons. The van der Waals surface area contributed by atoms with Crippen molar-refractivity contribution in [2.75, 3.05) is 26.2 Å². The van der Waals surface area contributed by atoms with Crippen LogP contribution in [0.1, 0.15) is 19.7 Å². The average molecular weight is 330 g/mol. The third kappa shape index (κ3) is 3.34. The predicted molar refractivity (Wildman–Crippen MR) is 88.8 cm³/mol. The minimum atomic E-state index is 0.0178. The van der Waals surface area contributed by atoms with Crippen molar-refractivity contribution in [2.45, 2.75) is 26.9 Å². The van der Waals surface area contributed by atoms with E-state index in [-0.39, 0.29) is 12.1 Å². The lowest BCUT2D eigenvalue weighted by atomic mass is 10.1. The first kappa shape index (κ1) is 16.3. The van der Waals surface area contributed by atoms with Gasteiger partial charge in [-0.25, -0.2) is 4.79 Å². The Morgan fingerprint density at radius 3 is 2.75 bits per heavy atom. The molecule has 1 fully saturated rings. The molecule has 1 saturated heterocycles. The number of hydrogen-bond acceptors (Lipinski definition) is 5. The molecule has 0 saturated carbocycles. The topological polar surface area (TPSA) is 71.7 Å². The van der Waals surface area contributed by atoms with Crippen LogP contribution in [-0.2, 0) is 0 Å². The fraction of sp³-hybridized carbons (Fsp3) is 0.471. The van der Waals surface area contributed by atoms with Crippen molar-refractivity contribution in [1.82, 2.24) is 19.9 Å². The van der Waals surface area contributed by atoms with Crippen molar-refractivity contribution in [2.24, 2.45) is 0 Å². The van der Waals surface area contributed by atoms with E-state index in [1.54, 1.807) is 6.92 Å². The van der Waals surface area contributed by atoms with Crippen LogP contribution in [0.15, 0.2) is 28.8 Å². The number of hydrogen-bond donors (Lipinski definition) is 0. The summed E-state index contributed by atoms with van der Waals surface area (Å²) in [5.74, 6) is 1.81. The fourth-order valence-electron chi connectivity index (χ4n) is 2.67. The molecule has 0 aliphatic carbocycles. The van der Waals surface area contributed by atoms with Crippen molar-refractivity contribution in [3.63, 3.8) is 0 Å². The van der Waals surface area contributed by atoms with Crippen LogP contribution in [0.3, 0.4) is 0 Å². The standard InChI is InChI=1S/C17H22N4O3/c1-4-20(5-2)17(22)21-10-15(11-21)23-14-8-6-7-13(9-14)16-18-12(3)19-24-16/h6-9,15H,4-5,10-11H2,1-3H3. The molecule has 2 aromatic rings. The zero-order valence-electron chi connectivity index (χ0n) is 14.2. The monoisotopic (exact) mass is 330 g/mol. The average Bonchev–Trinajstić information content (AvgIpc) is 2.98. The van der Waals surface area contributed by atoms with E-state index < -0.39 is 0 Å². The summed E-state index contributed by atoms with van der Waals surface area (Å²) in [6, 6.07) is 7.64. The largest absolute Gasteiger partial charge is 0.487 e. The Bertz CT molecular complexity index is 705. The highest BCUT2D eigenvalue weighted by atomic mass is 16.5. The molecule has 0 N–H and O–H groups in total. The molecule has 0 bridgehead atoms. The maximum absolute atomic E-state index is 12.2. The molecule has 1 aliphatic rings. The molecular formula is C17H22N4O3. The quantitative estimate of drug-likeness (QED) is 0.842. The number of ether oxygens (including phenoxy) is 1. The van der Waals surface area contributed by atoms with Crippen LogP contribution in [0.2, 0.25) is 0 Å². The molecule has 0 atom stereocenters. The lowest BCUT2D eigenvalue weighted by molar-refractivity contribution is 0.0319. The van der Waals surface area contributed by atoms with E-state index in [2.05, 4.69) is 10.1 Å². The lowest BCUT2D eigenvalue weighted by Gasteiger charge is -2.41. The van der Waals surface area contributed by atoms with Gasteiger partial charge in [0.25, 0.3) is 5.89 Å².